The van der Waals surface area contributed by atoms with Gasteiger partial charge >= 0.3 is 0 Å². The van der Waals surface area contributed by atoms with Crippen LogP contribution in [0.25, 0.3) is 0 Å². The molecule has 0 aromatic heterocycles. The number of hydrogen-bond acceptors (Lipinski definition) is 3. The van der Waals surface area contributed by atoms with Crippen LogP contribution < -0.4 is 10.1 Å². The van der Waals surface area contributed by atoms with Gasteiger partial charge in [-0.3, -0.25) is 9.59 Å². The third-order valence-corrected chi connectivity index (χ3v) is 5.54. The van der Waals surface area contributed by atoms with Crippen LogP contribution in [0.1, 0.15) is 49.8 Å². The third-order valence-electron chi connectivity index (χ3n) is 5.54. The van der Waals surface area contributed by atoms with E-state index >= 15 is 0 Å². The first-order valence-corrected chi connectivity index (χ1v) is 11.3. The van der Waals surface area contributed by atoms with Gasteiger partial charge in [0, 0.05) is 13.1 Å². The van der Waals surface area contributed by atoms with Gasteiger partial charge in [-0.15, -0.1) is 0 Å². The van der Waals surface area contributed by atoms with Crippen LogP contribution in [0.2, 0.25) is 0 Å². The van der Waals surface area contributed by atoms with Crippen molar-refractivity contribution in [3.63, 3.8) is 0 Å². The quantitative estimate of drug-likeness (QED) is 0.512. The second-order valence-corrected chi connectivity index (χ2v) is 7.93. The van der Waals surface area contributed by atoms with Gasteiger partial charge in [0.2, 0.25) is 5.91 Å². The standard InChI is InChI=1S/C26H36N2O3/c1-5-7-16-27-26(30)24(6-2)28(17-15-22-11-9-8-10-12-22)25(29)19-31-23-14-13-20(3)21(4)18-23/h8-14,18,24H,5-7,15-17,19H2,1-4H3,(H,27,30). The van der Waals surface area contributed by atoms with E-state index in [9.17, 15) is 9.59 Å². The maximum absolute atomic E-state index is 13.1. The molecule has 5 nitrogen and oxygen atoms in total. The third kappa shape index (κ3) is 7.74. The lowest BCUT2D eigenvalue weighted by Gasteiger charge is -2.30. The summed E-state index contributed by atoms with van der Waals surface area (Å²) < 4.78 is 5.79. The number of aryl methyl sites for hydroxylation is 2. The summed E-state index contributed by atoms with van der Waals surface area (Å²) in [4.78, 5) is 27.6. The number of nitrogens with one attached hydrogen (secondary N) is 1. The van der Waals surface area contributed by atoms with E-state index in [1.54, 1.807) is 4.90 Å². The molecule has 0 saturated heterocycles. The van der Waals surface area contributed by atoms with E-state index in [0.717, 1.165) is 24.0 Å². The van der Waals surface area contributed by atoms with E-state index in [2.05, 4.69) is 12.2 Å². The van der Waals surface area contributed by atoms with Gasteiger partial charge in [-0.05, 0) is 61.9 Å². The Morgan fingerprint density at radius 3 is 2.42 bits per heavy atom. The minimum Gasteiger partial charge on any atom is -0.484 e. The average Bonchev–Trinajstić information content (AvgIpc) is 2.78. The predicted molar refractivity (Wildman–Crippen MR) is 125 cm³/mol. The summed E-state index contributed by atoms with van der Waals surface area (Å²) in [5.74, 6) is 0.398. The SMILES string of the molecule is CCCCNC(=O)C(CC)N(CCc1ccccc1)C(=O)COc1ccc(C)c(C)c1. The van der Waals surface area contributed by atoms with Crippen molar-refractivity contribution < 1.29 is 14.3 Å². The number of rotatable bonds is 12. The fourth-order valence-corrected chi connectivity index (χ4v) is 3.43. The Labute approximate surface area is 186 Å². The van der Waals surface area contributed by atoms with E-state index in [0.29, 0.717) is 31.7 Å². The van der Waals surface area contributed by atoms with Crippen molar-refractivity contribution in [3.8, 4) is 5.75 Å². The lowest BCUT2D eigenvalue weighted by molar-refractivity contribution is -0.142. The van der Waals surface area contributed by atoms with Gasteiger partial charge in [0.25, 0.3) is 5.91 Å². The van der Waals surface area contributed by atoms with Gasteiger partial charge in [-0.1, -0.05) is 56.7 Å². The molecule has 0 aliphatic carbocycles. The lowest BCUT2D eigenvalue weighted by Crippen LogP contribution is -2.51. The summed E-state index contributed by atoms with van der Waals surface area (Å²) in [6.07, 6.45) is 3.19. The first-order valence-electron chi connectivity index (χ1n) is 11.3. The molecule has 0 bridgehead atoms. The highest BCUT2D eigenvalue weighted by molar-refractivity contribution is 5.88. The summed E-state index contributed by atoms with van der Waals surface area (Å²) in [5.41, 5.74) is 3.43. The Bertz CT molecular complexity index is 836. The average molecular weight is 425 g/mol. The molecule has 5 heteroatoms. The highest BCUT2D eigenvalue weighted by Gasteiger charge is 2.28. The van der Waals surface area contributed by atoms with Crippen LogP contribution >= 0.6 is 0 Å². The molecule has 0 aliphatic rings. The Morgan fingerprint density at radius 1 is 1.03 bits per heavy atom. The smallest absolute Gasteiger partial charge is 0.261 e. The van der Waals surface area contributed by atoms with E-state index < -0.39 is 6.04 Å². The van der Waals surface area contributed by atoms with Crippen LogP contribution in [0.5, 0.6) is 5.75 Å². The fraction of sp³-hybridized carbons (Fsp3) is 0.462. The highest BCUT2D eigenvalue weighted by atomic mass is 16.5. The van der Waals surface area contributed by atoms with E-state index in [-0.39, 0.29) is 18.4 Å². The van der Waals surface area contributed by atoms with Crippen LogP contribution in [-0.4, -0.2) is 42.5 Å². The molecule has 168 valence electrons. The van der Waals surface area contributed by atoms with Crippen molar-refractivity contribution >= 4 is 11.8 Å². The molecule has 2 rings (SSSR count). The van der Waals surface area contributed by atoms with Crippen molar-refractivity contribution in [2.75, 3.05) is 19.7 Å². The molecule has 31 heavy (non-hydrogen) atoms. The molecule has 0 radical (unpaired) electrons. The molecule has 0 aliphatic heterocycles. The summed E-state index contributed by atoms with van der Waals surface area (Å²) in [7, 11) is 0. The van der Waals surface area contributed by atoms with Gasteiger partial charge in [-0.2, -0.15) is 0 Å². The number of unbranched alkanes of at least 4 members (excludes halogenated alkanes) is 1. The summed E-state index contributed by atoms with van der Waals surface area (Å²) in [6, 6.07) is 15.3. The Kier molecular flexibility index (Phi) is 10.1. The maximum Gasteiger partial charge on any atom is 0.261 e. The number of amides is 2. The Hall–Kier alpha value is -2.82. The van der Waals surface area contributed by atoms with Gasteiger partial charge in [0.05, 0.1) is 0 Å². The van der Waals surface area contributed by atoms with Crippen molar-refractivity contribution in [1.82, 2.24) is 10.2 Å². The monoisotopic (exact) mass is 424 g/mol. The molecular formula is C26H36N2O3. The minimum atomic E-state index is -0.503. The molecule has 1 atom stereocenters. The molecule has 2 aromatic rings. The minimum absolute atomic E-state index is 0.0873. The zero-order chi connectivity index (χ0) is 22.6. The topological polar surface area (TPSA) is 58.6 Å². The first-order chi connectivity index (χ1) is 15.0. The van der Waals surface area contributed by atoms with Crippen LogP contribution in [0, 0.1) is 13.8 Å². The van der Waals surface area contributed by atoms with Crippen LogP contribution in [-0.2, 0) is 16.0 Å². The van der Waals surface area contributed by atoms with Crippen molar-refractivity contribution in [2.24, 2.45) is 0 Å². The van der Waals surface area contributed by atoms with E-state index in [1.807, 2.05) is 69.3 Å². The fourth-order valence-electron chi connectivity index (χ4n) is 3.43. The largest absolute Gasteiger partial charge is 0.484 e. The zero-order valence-electron chi connectivity index (χ0n) is 19.3. The van der Waals surface area contributed by atoms with Crippen molar-refractivity contribution in [3.05, 3.63) is 65.2 Å². The summed E-state index contributed by atoms with van der Waals surface area (Å²) in [6.45, 7) is 9.10. The molecule has 1 unspecified atom stereocenters. The van der Waals surface area contributed by atoms with Crippen molar-refractivity contribution in [1.29, 1.82) is 0 Å². The number of carbonyl (C=O) groups excluding carboxylic acids is 2. The molecule has 1 N–H and O–H groups in total. The number of nitrogens with zero attached hydrogens (tertiary/aromatic N) is 1. The van der Waals surface area contributed by atoms with Crippen LogP contribution in [0.3, 0.4) is 0 Å². The summed E-state index contributed by atoms with van der Waals surface area (Å²) in [5, 5.41) is 2.98. The number of ether oxygens (including phenoxy) is 1. The van der Waals surface area contributed by atoms with Gasteiger partial charge in [0.1, 0.15) is 11.8 Å². The number of hydrogen-bond donors (Lipinski definition) is 1. The second-order valence-electron chi connectivity index (χ2n) is 7.93. The van der Waals surface area contributed by atoms with Gasteiger partial charge in [0.15, 0.2) is 6.61 Å². The number of carbonyl (C=O) groups is 2. The van der Waals surface area contributed by atoms with Crippen LogP contribution in [0.4, 0.5) is 0 Å². The molecule has 0 saturated carbocycles. The molecule has 2 aromatic carbocycles. The van der Waals surface area contributed by atoms with E-state index in [4.69, 9.17) is 4.74 Å². The summed E-state index contributed by atoms with van der Waals surface area (Å²) >= 11 is 0. The molecule has 0 fully saturated rings. The number of benzene rings is 2. The zero-order valence-corrected chi connectivity index (χ0v) is 19.3. The highest BCUT2D eigenvalue weighted by Crippen LogP contribution is 2.17. The predicted octanol–water partition coefficient (Wildman–Crippen LogP) is 4.45. The molecule has 0 heterocycles. The molecule has 0 spiro atoms. The van der Waals surface area contributed by atoms with Gasteiger partial charge < -0.3 is 15.0 Å². The normalized spacial score (nSPS) is 11.6. The first kappa shape index (κ1) is 24.4. The van der Waals surface area contributed by atoms with Gasteiger partial charge in [-0.25, -0.2) is 0 Å². The second kappa shape index (κ2) is 12.8. The Morgan fingerprint density at radius 2 is 1.77 bits per heavy atom. The maximum atomic E-state index is 13.1. The lowest BCUT2D eigenvalue weighted by atomic mass is 10.1. The van der Waals surface area contributed by atoms with Crippen molar-refractivity contribution in [2.45, 2.75) is 59.4 Å². The Balaban J connectivity index is 2.10. The van der Waals surface area contributed by atoms with Crippen LogP contribution in [0.15, 0.2) is 48.5 Å². The molecule has 2 amide bonds. The van der Waals surface area contributed by atoms with E-state index in [1.165, 1.54) is 5.56 Å². The molecular weight excluding hydrogens is 388 g/mol.